The van der Waals surface area contributed by atoms with E-state index in [2.05, 4.69) is 45.2 Å². The van der Waals surface area contributed by atoms with Gasteiger partial charge in [-0.3, -0.25) is 4.68 Å². The largest absolute Gasteiger partial charge is 0.314 e. The Kier molecular flexibility index (Phi) is 4.10. The van der Waals surface area contributed by atoms with Crippen LogP contribution >= 0.6 is 0 Å². The molecule has 2 rings (SSSR count). The van der Waals surface area contributed by atoms with Crippen LogP contribution in [0.25, 0.3) is 0 Å². The van der Waals surface area contributed by atoms with Crippen LogP contribution in [-0.2, 0) is 7.05 Å². The summed E-state index contributed by atoms with van der Waals surface area (Å²) in [7, 11) is 2.05. The van der Waals surface area contributed by atoms with Gasteiger partial charge in [0.15, 0.2) is 0 Å². The molecule has 0 aliphatic heterocycles. The molecule has 0 saturated heterocycles. The summed E-state index contributed by atoms with van der Waals surface area (Å²) < 4.78 is 2.03. The monoisotopic (exact) mass is 249 g/mol. The Balaban J connectivity index is 2.11. The highest BCUT2D eigenvalue weighted by Gasteiger charge is 2.42. The summed E-state index contributed by atoms with van der Waals surface area (Å²) in [6.07, 6.45) is 3.77. The summed E-state index contributed by atoms with van der Waals surface area (Å²) in [5.74, 6) is 1.51. The molecule has 1 heterocycles. The Morgan fingerprint density at radius 2 is 2.06 bits per heavy atom. The van der Waals surface area contributed by atoms with Crippen LogP contribution in [0.4, 0.5) is 0 Å². The van der Waals surface area contributed by atoms with Crippen LogP contribution in [0.2, 0.25) is 0 Å². The third-order valence-corrected chi connectivity index (χ3v) is 4.61. The van der Waals surface area contributed by atoms with Gasteiger partial charge < -0.3 is 5.32 Å². The number of hydrogen-bond donors (Lipinski definition) is 1. The van der Waals surface area contributed by atoms with Crippen molar-refractivity contribution in [3.05, 3.63) is 17.0 Å². The first kappa shape index (κ1) is 13.6. The first-order chi connectivity index (χ1) is 8.60. The molecule has 1 N–H and O–H groups in total. The highest BCUT2D eigenvalue weighted by molar-refractivity contribution is 5.32. The van der Waals surface area contributed by atoms with Crippen LogP contribution in [0.5, 0.6) is 0 Å². The van der Waals surface area contributed by atoms with E-state index in [9.17, 15) is 0 Å². The zero-order valence-electron chi connectivity index (χ0n) is 12.5. The molecule has 1 aliphatic rings. The van der Waals surface area contributed by atoms with E-state index < -0.39 is 0 Å². The van der Waals surface area contributed by atoms with E-state index in [1.54, 1.807) is 0 Å². The number of aromatic nitrogens is 2. The number of hydrogen-bond acceptors (Lipinski definition) is 2. The lowest BCUT2D eigenvalue weighted by atomic mass is 9.64. The number of nitrogens with one attached hydrogen (secondary N) is 1. The second-order valence-electron chi connectivity index (χ2n) is 5.68. The van der Waals surface area contributed by atoms with Gasteiger partial charge in [-0.1, -0.05) is 20.3 Å². The van der Waals surface area contributed by atoms with E-state index in [4.69, 9.17) is 0 Å². The minimum absolute atomic E-state index is 0.720. The minimum Gasteiger partial charge on any atom is -0.314 e. The van der Waals surface area contributed by atoms with Crippen LogP contribution in [0.3, 0.4) is 0 Å². The third kappa shape index (κ3) is 2.20. The number of rotatable bonds is 5. The zero-order chi connectivity index (χ0) is 13.3. The Labute approximate surface area is 111 Å². The van der Waals surface area contributed by atoms with Crippen molar-refractivity contribution in [2.45, 2.75) is 58.9 Å². The van der Waals surface area contributed by atoms with Crippen molar-refractivity contribution in [1.82, 2.24) is 15.1 Å². The van der Waals surface area contributed by atoms with E-state index >= 15 is 0 Å². The normalized spacial score (nSPS) is 27.3. The van der Waals surface area contributed by atoms with E-state index in [-0.39, 0.29) is 0 Å². The van der Waals surface area contributed by atoms with Crippen LogP contribution in [0.15, 0.2) is 0 Å². The van der Waals surface area contributed by atoms with Crippen LogP contribution in [0, 0.1) is 19.8 Å². The molecular weight excluding hydrogens is 222 g/mol. The smallest absolute Gasteiger partial charge is 0.0631 e. The average molecular weight is 249 g/mol. The molecule has 3 nitrogen and oxygen atoms in total. The first-order valence-electron chi connectivity index (χ1n) is 7.33. The highest BCUT2D eigenvalue weighted by atomic mass is 15.3. The Hall–Kier alpha value is -0.830. The topological polar surface area (TPSA) is 29.9 Å². The molecular formula is C15H27N3. The van der Waals surface area contributed by atoms with Gasteiger partial charge in [0.1, 0.15) is 0 Å². The summed E-state index contributed by atoms with van der Waals surface area (Å²) in [6, 6.07) is 0.721. The molecule has 3 unspecified atom stereocenters. The minimum atomic E-state index is 0.720. The molecule has 1 aromatic heterocycles. The summed E-state index contributed by atoms with van der Waals surface area (Å²) in [5.41, 5.74) is 4.09. The fraction of sp³-hybridized carbons (Fsp3) is 0.800. The summed E-state index contributed by atoms with van der Waals surface area (Å²) in [4.78, 5) is 0. The molecule has 1 aromatic rings. The predicted octanol–water partition coefficient (Wildman–Crippen LogP) is 2.92. The highest BCUT2D eigenvalue weighted by Crippen LogP contribution is 2.46. The van der Waals surface area contributed by atoms with Gasteiger partial charge in [-0.25, -0.2) is 0 Å². The van der Waals surface area contributed by atoms with Gasteiger partial charge in [0, 0.05) is 18.8 Å². The molecule has 0 aromatic carbocycles. The van der Waals surface area contributed by atoms with E-state index in [1.807, 2.05) is 4.68 Å². The predicted molar refractivity (Wildman–Crippen MR) is 75.9 cm³/mol. The lowest BCUT2D eigenvalue weighted by Crippen LogP contribution is -2.49. The molecule has 0 radical (unpaired) electrons. The van der Waals surface area contributed by atoms with Crippen molar-refractivity contribution in [3.63, 3.8) is 0 Å². The maximum Gasteiger partial charge on any atom is 0.0631 e. The van der Waals surface area contributed by atoms with Crippen LogP contribution in [0.1, 0.15) is 56.0 Å². The summed E-state index contributed by atoms with van der Waals surface area (Å²) in [6.45, 7) is 10.1. The fourth-order valence-corrected chi connectivity index (χ4v) is 3.50. The van der Waals surface area contributed by atoms with Gasteiger partial charge in [0.25, 0.3) is 0 Å². The third-order valence-electron chi connectivity index (χ3n) is 4.61. The molecule has 18 heavy (non-hydrogen) atoms. The molecule has 1 aliphatic carbocycles. The van der Waals surface area contributed by atoms with Gasteiger partial charge in [-0.2, -0.15) is 5.10 Å². The van der Waals surface area contributed by atoms with Gasteiger partial charge in [0.2, 0.25) is 0 Å². The fourth-order valence-electron chi connectivity index (χ4n) is 3.50. The SMILES string of the molecule is CCCNC1CC(c2c(C)nn(C)c2C)C1CC. The second kappa shape index (κ2) is 5.43. The average Bonchev–Trinajstić information content (AvgIpc) is 2.54. The molecule has 3 atom stereocenters. The molecule has 1 saturated carbocycles. The van der Waals surface area contributed by atoms with Gasteiger partial charge in [-0.05, 0) is 50.6 Å². The molecule has 102 valence electrons. The molecule has 1 fully saturated rings. The number of aryl methyl sites for hydroxylation is 2. The van der Waals surface area contributed by atoms with Gasteiger partial charge >= 0.3 is 0 Å². The van der Waals surface area contributed by atoms with Crippen LogP contribution < -0.4 is 5.32 Å². The summed E-state index contributed by atoms with van der Waals surface area (Å²) in [5, 5.41) is 8.25. The Morgan fingerprint density at radius 3 is 2.56 bits per heavy atom. The van der Waals surface area contributed by atoms with Crippen molar-refractivity contribution < 1.29 is 0 Å². The van der Waals surface area contributed by atoms with Gasteiger partial charge in [-0.15, -0.1) is 0 Å². The lowest BCUT2D eigenvalue weighted by molar-refractivity contribution is 0.160. The molecule has 0 amide bonds. The quantitative estimate of drug-likeness (QED) is 0.869. The van der Waals surface area contributed by atoms with E-state index in [1.165, 1.54) is 36.2 Å². The van der Waals surface area contributed by atoms with Gasteiger partial charge in [0.05, 0.1) is 5.69 Å². The Bertz CT molecular complexity index is 408. The van der Waals surface area contributed by atoms with E-state index in [0.717, 1.165) is 24.4 Å². The summed E-state index contributed by atoms with van der Waals surface area (Å²) >= 11 is 0. The maximum absolute atomic E-state index is 4.57. The second-order valence-corrected chi connectivity index (χ2v) is 5.68. The van der Waals surface area contributed by atoms with Crippen molar-refractivity contribution in [3.8, 4) is 0 Å². The zero-order valence-corrected chi connectivity index (χ0v) is 12.5. The van der Waals surface area contributed by atoms with Crippen molar-refractivity contribution >= 4 is 0 Å². The molecule has 0 spiro atoms. The maximum atomic E-state index is 4.57. The first-order valence-corrected chi connectivity index (χ1v) is 7.33. The lowest BCUT2D eigenvalue weighted by Gasteiger charge is -2.45. The van der Waals surface area contributed by atoms with E-state index in [0.29, 0.717) is 0 Å². The van der Waals surface area contributed by atoms with Crippen molar-refractivity contribution in [2.75, 3.05) is 6.54 Å². The Morgan fingerprint density at radius 1 is 1.33 bits per heavy atom. The number of nitrogens with zero attached hydrogens (tertiary/aromatic N) is 2. The molecule has 0 bridgehead atoms. The van der Waals surface area contributed by atoms with Crippen LogP contribution in [-0.4, -0.2) is 22.4 Å². The van der Waals surface area contributed by atoms with Crippen molar-refractivity contribution in [1.29, 1.82) is 0 Å². The van der Waals surface area contributed by atoms with Crippen molar-refractivity contribution in [2.24, 2.45) is 13.0 Å². The molecule has 3 heteroatoms. The standard InChI is InChI=1S/C15H27N3/c1-6-8-16-14-9-13(12(14)7-2)15-10(3)17-18(5)11(15)4/h12-14,16H,6-9H2,1-5H3.